The van der Waals surface area contributed by atoms with Gasteiger partial charge in [-0.2, -0.15) is 5.10 Å². The van der Waals surface area contributed by atoms with Crippen molar-refractivity contribution < 1.29 is 4.79 Å². The third kappa shape index (κ3) is 1.88. The first-order valence-corrected chi connectivity index (χ1v) is 4.70. The molecular weight excluding hydrogens is 208 g/mol. The summed E-state index contributed by atoms with van der Waals surface area (Å²) in [7, 11) is 1.76. The van der Waals surface area contributed by atoms with Crippen molar-refractivity contribution >= 4 is 11.7 Å². The Morgan fingerprint density at radius 3 is 3.00 bits per heavy atom. The number of nitrogens with two attached hydrogens (primary N) is 1. The lowest BCUT2D eigenvalue weighted by Gasteiger charge is -2.04. The largest absolute Gasteiger partial charge is 0.384 e. The molecule has 7 nitrogen and oxygen atoms in total. The minimum absolute atomic E-state index is 0.194. The summed E-state index contributed by atoms with van der Waals surface area (Å²) >= 11 is 0. The molecule has 0 fully saturated rings. The van der Waals surface area contributed by atoms with Gasteiger partial charge in [0.2, 0.25) is 0 Å². The van der Waals surface area contributed by atoms with Crippen LogP contribution in [0.1, 0.15) is 16.1 Å². The highest BCUT2D eigenvalue weighted by molar-refractivity contribution is 5.92. The fourth-order valence-corrected chi connectivity index (χ4v) is 1.30. The summed E-state index contributed by atoms with van der Waals surface area (Å²) in [6.45, 7) is 0.340. The smallest absolute Gasteiger partial charge is 0.269 e. The number of hydrogen-bond acceptors (Lipinski definition) is 4. The predicted octanol–water partition coefficient (Wildman–Crippen LogP) is -0.345. The van der Waals surface area contributed by atoms with Gasteiger partial charge in [-0.05, 0) is 0 Å². The molecule has 0 aliphatic rings. The van der Waals surface area contributed by atoms with Gasteiger partial charge >= 0.3 is 0 Å². The molecule has 7 heteroatoms. The summed E-state index contributed by atoms with van der Waals surface area (Å²) in [6, 6.07) is 0. The summed E-state index contributed by atoms with van der Waals surface area (Å²) in [5.41, 5.74) is 6.85. The molecule has 0 radical (unpaired) electrons. The predicted molar refractivity (Wildman–Crippen MR) is 57.4 cm³/mol. The van der Waals surface area contributed by atoms with Crippen LogP contribution in [0.3, 0.4) is 0 Å². The van der Waals surface area contributed by atoms with Crippen LogP contribution in [0.2, 0.25) is 0 Å². The van der Waals surface area contributed by atoms with Crippen molar-refractivity contribution in [1.29, 1.82) is 0 Å². The lowest BCUT2D eigenvalue weighted by molar-refractivity contribution is 0.0943. The normalized spacial score (nSPS) is 10.3. The van der Waals surface area contributed by atoms with Crippen molar-refractivity contribution in [2.24, 2.45) is 7.05 Å². The van der Waals surface area contributed by atoms with Crippen LogP contribution in [-0.2, 0) is 13.6 Å². The second-order valence-corrected chi connectivity index (χ2v) is 3.38. The van der Waals surface area contributed by atoms with E-state index in [0.717, 1.165) is 5.56 Å². The van der Waals surface area contributed by atoms with Gasteiger partial charge in [0.05, 0.1) is 18.7 Å². The zero-order valence-electron chi connectivity index (χ0n) is 8.77. The molecule has 2 rings (SSSR count). The SMILES string of the molecule is Cn1cncc1C(=O)NCc1cn[nH]c1N. The minimum Gasteiger partial charge on any atom is -0.384 e. The highest BCUT2D eigenvalue weighted by atomic mass is 16.1. The van der Waals surface area contributed by atoms with Crippen LogP contribution in [0.25, 0.3) is 0 Å². The Morgan fingerprint density at radius 1 is 1.62 bits per heavy atom. The van der Waals surface area contributed by atoms with E-state index in [1.165, 1.54) is 6.20 Å². The fraction of sp³-hybridized carbons (Fsp3) is 0.222. The molecule has 2 aromatic heterocycles. The number of nitrogens with zero attached hydrogens (tertiary/aromatic N) is 3. The first kappa shape index (κ1) is 10.2. The van der Waals surface area contributed by atoms with E-state index in [4.69, 9.17) is 5.73 Å². The summed E-state index contributed by atoms with van der Waals surface area (Å²) < 4.78 is 1.65. The molecule has 0 aliphatic heterocycles. The molecular formula is C9H12N6O. The van der Waals surface area contributed by atoms with Crippen molar-refractivity contribution in [3.8, 4) is 0 Å². The first-order valence-electron chi connectivity index (χ1n) is 4.70. The number of carbonyl (C=O) groups is 1. The number of nitrogens with one attached hydrogen (secondary N) is 2. The lowest BCUT2D eigenvalue weighted by Crippen LogP contribution is -2.24. The molecule has 0 atom stereocenters. The second-order valence-electron chi connectivity index (χ2n) is 3.38. The maximum atomic E-state index is 11.7. The zero-order chi connectivity index (χ0) is 11.5. The van der Waals surface area contributed by atoms with Crippen LogP contribution in [0.15, 0.2) is 18.7 Å². The molecule has 2 aromatic rings. The summed E-state index contributed by atoms with van der Waals surface area (Å²) in [4.78, 5) is 15.6. The maximum Gasteiger partial charge on any atom is 0.269 e. The summed E-state index contributed by atoms with van der Waals surface area (Å²) in [5, 5.41) is 9.09. The van der Waals surface area contributed by atoms with Crippen LogP contribution in [0.4, 0.5) is 5.82 Å². The van der Waals surface area contributed by atoms with E-state index < -0.39 is 0 Å². The van der Waals surface area contributed by atoms with Crippen LogP contribution >= 0.6 is 0 Å². The fourth-order valence-electron chi connectivity index (χ4n) is 1.30. The van der Waals surface area contributed by atoms with Crippen molar-refractivity contribution in [2.45, 2.75) is 6.54 Å². The number of rotatable bonds is 3. The average Bonchev–Trinajstić information content (AvgIpc) is 2.84. The topological polar surface area (TPSA) is 102 Å². The monoisotopic (exact) mass is 220 g/mol. The van der Waals surface area contributed by atoms with Crippen molar-refractivity contribution in [2.75, 3.05) is 5.73 Å². The molecule has 0 unspecified atom stereocenters. The number of carbonyl (C=O) groups excluding carboxylic acids is 1. The third-order valence-electron chi connectivity index (χ3n) is 2.24. The highest BCUT2D eigenvalue weighted by Gasteiger charge is 2.10. The molecule has 4 N–H and O–H groups in total. The van der Waals surface area contributed by atoms with Crippen molar-refractivity contribution in [3.05, 3.63) is 30.0 Å². The van der Waals surface area contributed by atoms with Crippen LogP contribution in [-0.4, -0.2) is 25.7 Å². The van der Waals surface area contributed by atoms with E-state index in [-0.39, 0.29) is 5.91 Å². The number of anilines is 1. The maximum absolute atomic E-state index is 11.7. The van der Waals surface area contributed by atoms with Crippen molar-refractivity contribution in [1.82, 2.24) is 25.1 Å². The number of aromatic amines is 1. The third-order valence-corrected chi connectivity index (χ3v) is 2.24. The molecule has 84 valence electrons. The Hall–Kier alpha value is -2.31. The van der Waals surface area contributed by atoms with Gasteiger partial charge < -0.3 is 15.6 Å². The van der Waals surface area contributed by atoms with Gasteiger partial charge in [0, 0.05) is 19.2 Å². The van der Waals surface area contributed by atoms with E-state index in [0.29, 0.717) is 18.1 Å². The summed E-state index contributed by atoms with van der Waals surface area (Å²) in [6.07, 6.45) is 4.66. The first-order chi connectivity index (χ1) is 7.68. The van der Waals surface area contributed by atoms with Gasteiger partial charge in [-0.15, -0.1) is 0 Å². The molecule has 0 aromatic carbocycles. The van der Waals surface area contributed by atoms with E-state index >= 15 is 0 Å². The lowest BCUT2D eigenvalue weighted by atomic mass is 10.3. The van der Waals surface area contributed by atoms with E-state index in [9.17, 15) is 4.79 Å². The van der Waals surface area contributed by atoms with Gasteiger partial charge in [-0.3, -0.25) is 9.89 Å². The van der Waals surface area contributed by atoms with E-state index in [1.807, 2.05) is 0 Å². The Kier molecular flexibility index (Phi) is 2.59. The second kappa shape index (κ2) is 4.05. The Balaban J connectivity index is 1.99. The number of imidazole rings is 1. The standard InChI is InChI=1S/C9H12N6O/c1-15-5-11-4-7(15)9(16)12-2-6-3-13-14-8(6)10/h3-5H,2H2,1H3,(H,12,16)(H3,10,13,14). The van der Waals surface area contributed by atoms with Gasteiger partial charge in [0.1, 0.15) is 11.5 Å². The molecule has 0 spiro atoms. The summed E-state index contributed by atoms with van der Waals surface area (Å²) in [5.74, 6) is 0.269. The Morgan fingerprint density at radius 2 is 2.44 bits per heavy atom. The Bertz CT molecular complexity index is 500. The van der Waals surface area contributed by atoms with Crippen molar-refractivity contribution in [3.63, 3.8) is 0 Å². The zero-order valence-corrected chi connectivity index (χ0v) is 8.77. The number of hydrogen-bond donors (Lipinski definition) is 3. The van der Waals surface area contributed by atoms with Crippen LogP contribution < -0.4 is 11.1 Å². The highest BCUT2D eigenvalue weighted by Crippen LogP contribution is 2.05. The molecule has 0 saturated heterocycles. The van der Waals surface area contributed by atoms with Gasteiger partial charge in [0.15, 0.2) is 0 Å². The number of aromatic nitrogens is 4. The molecule has 2 heterocycles. The Labute approximate surface area is 91.7 Å². The number of aryl methyl sites for hydroxylation is 1. The number of nitrogen functional groups attached to an aromatic ring is 1. The minimum atomic E-state index is -0.194. The van der Waals surface area contributed by atoms with Crippen LogP contribution in [0.5, 0.6) is 0 Å². The number of H-pyrrole nitrogens is 1. The van der Waals surface area contributed by atoms with Gasteiger partial charge in [0.25, 0.3) is 5.91 Å². The quantitative estimate of drug-likeness (QED) is 0.658. The average molecular weight is 220 g/mol. The molecule has 0 saturated carbocycles. The molecule has 0 aliphatic carbocycles. The van der Waals surface area contributed by atoms with Crippen LogP contribution in [0, 0.1) is 0 Å². The van der Waals surface area contributed by atoms with Gasteiger partial charge in [-0.25, -0.2) is 4.98 Å². The van der Waals surface area contributed by atoms with Gasteiger partial charge in [-0.1, -0.05) is 0 Å². The molecule has 1 amide bonds. The number of amides is 1. The van der Waals surface area contributed by atoms with E-state index in [2.05, 4.69) is 20.5 Å². The van der Waals surface area contributed by atoms with E-state index in [1.54, 1.807) is 24.1 Å². The molecule has 16 heavy (non-hydrogen) atoms. The molecule has 0 bridgehead atoms.